The zero-order valence-electron chi connectivity index (χ0n) is 8.45. The minimum Gasteiger partial charge on any atom is -0.385 e. The lowest BCUT2D eigenvalue weighted by atomic mass is 10.1. The van der Waals surface area contributed by atoms with Gasteiger partial charge in [-0.3, -0.25) is 0 Å². The molecule has 1 unspecified atom stereocenters. The van der Waals surface area contributed by atoms with Crippen molar-refractivity contribution < 1.29 is 9.63 Å². The van der Waals surface area contributed by atoms with Crippen LogP contribution >= 0.6 is 27.5 Å². The predicted octanol–water partition coefficient (Wildman–Crippen LogP) is 3.81. The van der Waals surface area contributed by atoms with Crippen molar-refractivity contribution in [2.45, 2.75) is 13.0 Å². The van der Waals surface area contributed by atoms with Crippen LogP contribution < -0.4 is 0 Å². The minimum atomic E-state index is -0.663. The van der Waals surface area contributed by atoms with Gasteiger partial charge in [0.1, 0.15) is 11.8 Å². The van der Waals surface area contributed by atoms with E-state index in [1.54, 1.807) is 25.1 Å². The van der Waals surface area contributed by atoms with Crippen molar-refractivity contribution in [3.63, 3.8) is 0 Å². The number of halogens is 2. The minimum absolute atomic E-state index is 0.436. The molecule has 0 bridgehead atoms. The zero-order valence-corrected chi connectivity index (χ0v) is 10.8. The van der Waals surface area contributed by atoms with Crippen LogP contribution in [0.15, 0.2) is 33.3 Å². The summed E-state index contributed by atoms with van der Waals surface area (Å²) in [5.41, 5.74) is 1.49. The number of aliphatic hydroxyl groups is 1. The second kappa shape index (κ2) is 4.57. The lowest BCUT2D eigenvalue weighted by Gasteiger charge is -1.98. The molecule has 3 nitrogen and oxygen atoms in total. The molecular weight excluding hydrogens is 293 g/mol. The maximum absolute atomic E-state index is 9.32. The molecule has 5 heteroatoms. The quantitative estimate of drug-likeness (QED) is 0.917. The van der Waals surface area contributed by atoms with E-state index in [0.717, 1.165) is 10.0 Å². The van der Waals surface area contributed by atoms with E-state index in [1.807, 2.05) is 6.07 Å². The third-order valence-corrected chi connectivity index (χ3v) is 2.77. The Hall–Kier alpha value is -0.840. The Labute approximate surface area is 106 Å². The van der Waals surface area contributed by atoms with Crippen molar-refractivity contribution in [3.05, 3.63) is 39.5 Å². The maximum Gasteiger partial charge on any atom is 0.165 e. The van der Waals surface area contributed by atoms with E-state index in [1.165, 1.54) is 0 Å². The molecule has 0 amide bonds. The van der Waals surface area contributed by atoms with Crippen LogP contribution in [0.2, 0.25) is 5.02 Å². The van der Waals surface area contributed by atoms with E-state index < -0.39 is 6.10 Å². The van der Waals surface area contributed by atoms with Crippen LogP contribution in [0.4, 0.5) is 0 Å². The monoisotopic (exact) mass is 301 g/mol. The highest BCUT2D eigenvalue weighted by molar-refractivity contribution is 9.10. The average Bonchev–Trinajstić information content (AvgIpc) is 2.64. The third kappa shape index (κ3) is 2.45. The van der Waals surface area contributed by atoms with Crippen molar-refractivity contribution in [1.29, 1.82) is 0 Å². The molecule has 1 atom stereocenters. The zero-order chi connectivity index (χ0) is 11.7. The SMILES string of the molecule is CC(O)c1cc(-c2cc(Cl)cc(Br)c2)no1. The Morgan fingerprint density at radius 2 is 2.12 bits per heavy atom. The standard InChI is InChI=1S/C11H9BrClNO2/c1-6(15)11-5-10(14-16-11)7-2-8(12)4-9(13)3-7/h2-6,15H,1H3. The van der Waals surface area contributed by atoms with Gasteiger partial charge in [-0.15, -0.1) is 0 Å². The first-order chi connectivity index (χ1) is 7.56. The normalized spacial score (nSPS) is 12.8. The second-order valence-corrected chi connectivity index (χ2v) is 4.80. The van der Waals surface area contributed by atoms with Gasteiger partial charge >= 0.3 is 0 Å². The number of hydrogen-bond donors (Lipinski definition) is 1. The maximum atomic E-state index is 9.32. The Bertz CT molecular complexity index is 490. The van der Waals surface area contributed by atoms with Crippen LogP contribution in [0.5, 0.6) is 0 Å². The molecule has 16 heavy (non-hydrogen) atoms. The summed E-state index contributed by atoms with van der Waals surface area (Å²) in [6.45, 7) is 1.62. The summed E-state index contributed by atoms with van der Waals surface area (Å²) in [6.07, 6.45) is -0.663. The Morgan fingerprint density at radius 3 is 2.69 bits per heavy atom. The molecule has 0 aliphatic heterocycles. The molecule has 0 saturated carbocycles. The van der Waals surface area contributed by atoms with Crippen molar-refractivity contribution in [1.82, 2.24) is 5.16 Å². The van der Waals surface area contributed by atoms with Crippen LogP contribution in [0.1, 0.15) is 18.8 Å². The lowest BCUT2D eigenvalue weighted by Crippen LogP contribution is -1.85. The van der Waals surface area contributed by atoms with E-state index in [4.69, 9.17) is 16.1 Å². The molecule has 2 aromatic rings. The second-order valence-electron chi connectivity index (χ2n) is 3.45. The molecule has 0 radical (unpaired) electrons. The number of benzene rings is 1. The highest BCUT2D eigenvalue weighted by Crippen LogP contribution is 2.28. The Balaban J connectivity index is 2.42. The van der Waals surface area contributed by atoms with Crippen molar-refractivity contribution in [2.24, 2.45) is 0 Å². The first kappa shape index (κ1) is 11.6. The molecule has 0 fully saturated rings. The van der Waals surface area contributed by atoms with E-state index in [-0.39, 0.29) is 0 Å². The van der Waals surface area contributed by atoms with Gasteiger partial charge < -0.3 is 9.63 Å². The van der Waals surface area contributed by atoms with Gasteiger partial charge in [-0.05, 0) is 25.1 Å². The third-order valence-electron chi connectivity index (χ3n) is 2.10. The van der Waals surface area contributed by atoms with Gasteiger partial charge in [0, 0.05) is 21.1 Å². The van der Waals surface area contributed by atoms with Crippen LogP contribution in [0.3, 0.4) is 0 Å². The molecule has 0 spiro atoms. The number of aromatic nitrogens is 1. The summed E-state index contributed by atoms with van der Waals surface area (Å²) in [5.74, 6) is 0.436. The summed E-state index contributed by atoms with van der Waals surface area (Å²) < 4.78 is 5.87. The lowest BCUT2D eigenvalue weighted by molar-refractivity contribution is 0.158. The van der Waals surface area contributed by atoms with Crippen LogP contribution in [-0.2, 0) is 0 Å². The molecule has 1 heterocycles. The molecular formula is C11H9BrClNO2. The van der Waals surface area contributed by atoms with Gasteiger partial charge in [-0.25, -0.2) is 0 Å². The van der Waals surface area contributed by atoms with Crippen LogP contribution in [-0.4, -0.2) is 10.3 Å². The number of rotatable bonds is 2. The van der Waals surface area contributed by atoms with Gasteiger partial charge in [0.05, 0.1) is 0 Å². The summed E-state index contributed by atoms with van der Waals surface area (Å²) in [5, 5.41) is 13.8. The van der Waals surface area contributed by atoms with Crippen LogP contribution in [0, 0.1) is 0 Å². The van der Waals surface area contributed by atoms with Crippen molar-refractivity contribution in [2.75, 3.05) is 0 Å². The van der Waals surface area contributed by atoms with E-state index in [2.05, 4.69) is 21.1 Å². The molecule has 2 rings (SSSR count). The molecule has 84 valence electrons. The smallest absolute Gasteiger partial charge is 0.165 e. The highest BCUT2D eigenvalue weighted by atomic mass is 79.9. The molecule has 0 aliphatic rings. The van der Waals surface area contributed by atoms with E-state index >= 15 is 0 Å². The van der Waals surface area contributed by atoms with Gasteiger partial charge in [0.25, 0.3) is 0 Å². The van der Waals surface area contributed by atoms with Crippen molar-refractivity contribution >= 4 is 27.5 Å². The van der Waals surface area contributed by atoms with Gasteiger partial charge in [0.15, 0.2) is 5.76 Å². The van der Waals surface area contributed by atoms with Crippen LogP contribution in [0.25, 0.3) is 11.3 Å². The molecule has 1 N–H and O–H groups in total. The van der Waals surface area contributed by atoms with Gasteiger partial charge in [-0.1, -0.05) is 32.7 Å². The average molecular weight is 303 g/mol. The van der Waals surface area contributed by atoms with E-state index in [9.17, 15) is 5.11 Å². The molecule has 0 saturated heterocycles. The number of aliphatic hydroxyl groups excluding tert-OH is 1. The number of hydrogen-bond acceptors (Lipinski definition) is 3. The first-order valence-corrected chi connectivity index (χ1v) is 5.84. The molecule has 1 aromatic heterocycles. The van der Waals surface area contributed by atoms with Gasteiger partial charge in [0.2, 0.25) is 0 Å². The Morgan fingerprint density at radius 1 is 1.38 bits per heavy atom. The predicted molar refractivity (Wildman–Crippen MR) is 65.3 cm³/mol. The highest BCUT2D eigenvalue weighted by Gasteiger charge is 2.11. The molecule has 0 aliphatic carbocycles. The Kier molecular flexibility index (Phi) is 3.33. The topological polar surface area (TPSA) is 46.3 Å². The van der Waals surface area contributed by atoms with Crippen molar-refractivity contribution in [3.8, 4) is 11.3 Å². The summed E-state index contributed by atoms with van der Waals surface area (Å²) in [7, 11) is 0. The largest absolute Gasteiger partial charge is 0.385 e. The fraction of sp³-hybridized carbons (Fsp3) is 0.182. The van der Waals surface area contributed by atoms with Gasteiger partial charge in [-0.2, -0.15) is 0 Å². The number of nitrogens with zero attached hydrogens (tertiary/aromatic N) is 1. The summed E-state index contributed by atoms with van der Waals surface area (Å²) >= 11 is 9.29. The fourth-order valence-electron chi connectivity index (χ4n) is 1.32. The summed E-state index contributed by atoms with van der Waals surface area (Å²) in [4.78, 5) is 0. The molecule has 1 aromatic carbocycles. The van der Waals surface area contributed by atoms with E-state index in [0.29, 0.717) is 16.5 Å². The first-order valence-electron chi connectivity index (χ1n) is 4.67. The fourth-order valence-corrected chi connectivity index (χ4v) is 2.18. The summed E-state index contributed by atoms with van der Waals surface area (Å²) in [6, 6.07) is 7.16.